The first kappa shape index (κ1) is 92.8. The molecule has 1 fully saturated rings. The molecule has 5 aliphatic heterocycles. The zero-order chi connectivity index (χ0) is 98.9. The molecule has 0 unspecified atom stereocenters. The van der Waals surface area contributed by atoms with Crippen LogP contribution in [0.1, 0.15) is 167 Å². The van der Waals surface area contributed by atoms with Gasteiger partial charge in [-0.1, -0.05) is 324 Å². The first-order chi connectivity index (χ1) is 70.0. The molecule has 0 N–H and O–H groups in total. The Labute approximate surface area is 841 Å². The van der Waals surface area contributed by atoms with E-state index >= 15 is 0 Å². The maximum Gasteiger partial charge on any atom is 0.494 e. The van der Waals surface area contributed by atoms with Gasteiger partial charge in [0.2, 0.25) is 17.7 Å². The Morgan fingerprint density at radius 2 is 0.667 bits per heavy atom. The van der Waals surface area contributed by atoms with Crippen molar-refractivity contribution >= 4 is 103 Å². The topological polar surface area (TPSA) is 220 Å². The summed E-state index contributed by atoms with van der Waals surface area (Å²) in [7, 11) is 5.35. The number of halogens is 1. The Balaban J connectivity index is 0.000000115. The average Bonchev–Trinajstić information content (AvgIpc) is 1.55. The van der Waals surface area contributed by atoms with E-state index in [0.717, 1.165) is 161 Å². The van der Waals surface area contributed by atoms with Crippen LogP contribution in [0.15, 0.2) is 369 Å². The Hall–Kier alpha value is -16.2. The quantitative estimate of drug-likeness (QED) is 0.0612. The van der Waals surface area contributed by atoms with Gasteiger partial charge < -0.3 is 24.0 Å². The lowest BCUT2D eigenvalue weighted by molar-refractivity contribution is -0.135. The van der Waals surface area contributed by atoms with Crippen molar-refractivity contribution in [1.82, 2.24) is 79.2 Å². The molecule has 712 valence electrons. The molecular weight excluding hydrogens is 1810 g/mol. The minimum absolute atomic E-state index is 0.0253. The smallest absolute Gasteiger partial charge is 0.399 e. The van der Waals surface area contributed by atoms with Gasteiger partial charge in [-0.05, 0) is 210 Å². The van der Waals surface area contributed by atoms with Gasteiger partial charge in [0.1, 0.15) is 33.3 Å². The highest BCUT2D eigenvalue weighted by molar-refractivity contribution is 6.62. The van der Waals surface area contributed by atoms with Crippen molar-refractivity contribution in [2.45, 2.75) is 134 Å². The molecular formula is C120H107BClN17O5. The van der Waals surface area contributed by atoms with Crippen molar-refractivity contribution in [3.63, 3.8) is 0 Å². The zero-order valence-corrected chi connectivity index (χ0v) is 82.7. The van der Waals surface area contributed by atoms with Crippen LogP contribution in [0, 0.1) is 0 Å². The molecule has 10 heterocycles. The Bertz CT molecular complexity index is 8060. The molecule has 0 radical (unpaired) electrons. The molecule has 144 heavy (non-hydrogen) atoms. The second-order valence-electron chi connectivity index (χ2n) is 39.0. The standard InChI is InChI=1S/C44H36N6O.C37H30ClN3O.C26H23N5O.C13H18BN3O2/c1-30(31-15-7-3-8-16-31)49-29-34-25-38-40(27-33(34)28-42(49)51)50(46-43(38)32-23-24-39-41(26-32)48(2)47-45-39)44(35-17-9-4-10-18-35,36-19-11-5-12-20-36)37-21-13-6-14-22-37;1-26(27-14-6-2-7-15-27)40-25-29-22-33-34(23-28(29)24-35(40)42)41(39-36(33)38)37(30-16-8-3-9-17-30,31-18-10-4-11-19-31)32-20-12-5-13-21-32;1-16(17-6-4-3-5-7-17)31-15-21-11-22-20(10-19(21)13-25(31)32)14-27-26(22)18-8-9-23-24(12-18)30(2)29-28-23;1-12(2)13(3,4)19-14(18-12)9-6-7-10-11(8-9)17(5)16-15-10/h3-27,30H,28-29H2,1-2H3;2-23,26H,24-25H2,1H3;3-12,16H,13-15H2,1-2H3;6-8H,1-5H3/t30-;26-;16-;/m111./s1. The summed E-state index contributed by atoms with van der Waals surface area (Å²) in [5.74, 6) is 0.428. The van der Waals surface area contributed by atoms with Crippen LogP contribution in [-0.2, 0) is 101 Å². The summed E-state index contributed by atoms with van der Waals surface area (Å²) >= 11 is 7.00. The molecule has 24 heteroatoms. The summed E-state index contributed by atoms with van der Waals surface area (Å²) in [6.07, 6.45) is 1.10. The van der Waals surface area contributed by atoms with E-state index in [1.165, 1.54) is 16.7 Å². The van der Waals surface area contributed by atoms with Crippen LogP contribution in [0.5, 0.6) is 0 Å². The maximum atomic E-state index is 13.9. The Morgan fingerprint density at radius 3 is 1.06 bits per heavy atom. The Morgan fingerprint density at radius 1 is 0.340 bits per heavy atom. The summed E-state index contributed by atoms with van der Waals surface area (Å²) in [5.41, 5.74) is 28.9. The molecule has 15 aromatic carbocycles. The lowest BCUT2D eigenvalue weighted by Gasteiger charge is -2.37. The van der Waals surface area contributed by atoms with Crippen LogP contribution in [0.25, 0.3) is 66.2 Å². The van der Waals surface area contributed by atoms with E-state index in [4.69, 9.17) is 36.1 Å². The van der Waals surface area contributed by atoms with Crippen molar-refractivity contribution in [1.29, 1.82) is 0 Å². The van der Waals surface area contributed by atoms with Gasteiger partial charge in [-0.3, -0.25) is 19.4 Å². The number of carbonyl (C=O) groups excluding carboxylic acids is 3. The van der Waals surface area contributed by atoms with Crippen molar-refractivity contribution in [3.05, 3.63) is 469 Å². The second-order valence-corrected chi connectivity index (χ2v) is 39.4. The zero-order valence-electron chi connectivity index (χ0n) is 81.9. The highest BCUT2D eigenvalue weighted by Crippen LogP contribution is 2.49. The number of aromatic nitrogens is 13. The SMILES string of the molecule is C[C@H](c1ccccc1)N1Cc2cc3c(-c4ccc5nnn(C)c5c4)nn(C(c4ccccc4)(c4ccccc4)c4ccccc4)c3cc2CC1=O.C[C@H](c1ccccc1)N1Cc2cc3c(Cl)nn(C(c4ccccc4)(c4ccccc4)c4ccccc4)c3cc2CC1=O.C[C@H](c1ccccc1)N1Cc2cc3c(cc2CC1=O)CN=C3c1ccc2nnn(C)c2c1.Cn1nnc2ccc(B3OC(C)(C)C(C)(C)O3)cc21. The first-order valence-corrected chi connectivity index (χ1v) is 49.4. The van der Waals surface area contributed by atoms with E-state index in [1.807, 2.05) is 139 Å². The fraction of sp³-hybridized carbons (Fsp3) is 0.200. The minimum Gasteiger partial charge on any atom is -0.399 e. The predicted octanol–water partition coefficient (Wildman–Crippen LogP) is 21.9. The number of carbonyl (C=O) groups is 3. The molecule has 20 aromatic rings. The molecule has 5 aromatic heterocycles. The molecule has 0 aliphatic carbocycles. The van der Waals surface area contributed by atoms with Crippen molar-refractivity contribution in [3.8, 4) is 11.3 Å². The lowest BCUT2D eigenvalue weighted by Crippen LogP contribution is -2.41. The third kappa shape index (κ3) is 16.8. The van der Waals surface area contributed by atoms with Crippen LogP contribution >= 0.6 is 11.6 Å². The highest BCUT2D eigenvalue weighted by Gasteiger charge is 2.52. The van der Waals surface area contributed by atoms with Gasteiger partial charge in [0.05, 0.1) is 88.4 Å². The van der Waals surface area contributed by atoms with Crippen molar-refractivity contribution in [2.75, 3.05) is 0 Å². The predicted molar refractivity (Wildman–Crippen MR) is 567 cm³/mol. The molecule has 3 atom stereocenters. The maximum absolute atomic E-state index is 13.9. The number of amides is 3. The second kappa shape index (κ2) is 38.0. The van der Waals surface area contributed by atoms with Crippen LogP contribution in [-0.4, -0.2) is 121 Å². The lowest BCUT2D eigenvalue weighted by atomic mass is 9.77. The van der Waals surface area contributed by atoms with E-state index in [0.29, 0.717) is 50.6 Å². The van der Waals surface area contributed by atoms with E-state index in [2.05, 4.69) is 350 Å². The van der Waals surface area contributed by atoms with E-state index in [-0.39, 0.29) is 54.2 Å². The van der Waals surface area contributed by atoms with Gasteiger partial charge >= 0.3 is 7.12 Å². The average molecular weight is 1910 g/mol. The fourth-order valence-corrected chi connectivity index (χ4v) is 21.7. The van der Waals surface area contributed by atoms with Crippen LogP contribution < -0.4 is 5.46 Å². The van der Waals surface area contributed by atoms with E-state index in [1.54, 1.807) is 14.0 Å². The van der Waals surface area contributed by atoms with Crippen LogP contribution in [0.4, 0.5) is 0 Å². The van der Waals surface area contributed by atoms with Crippen LogP contribution in [0.3, 0.4) is 0 Å². The third-order valence-corrected chi connectivity index (χ3v) is 30.3. The number of aliphatic imine (C=N–C) groups is 1. The summed E-state index contributed by atoms with van der Waals surface area (Å²) in [6.45, 7) is 16.9. The number of fused-ring (bicyclic) bond motifs is 9. The summed E-state index contributed by atoms with van der Waals surface area (Å²) in [6, 6.07) is 125. The summed E-state index contributed by atoms with van der Waals surface area (Å²) in [5, 5.41) is 38.0. The molecule has 0 bridgehead atoms. The largest absolute Gasteiger partial charge is 0.494 e. The minimum atomic E-state index is -0.834. The van der Waals surface area contributed by atoms with Gasteiger partial charge in [0.15, 0.2) is 5.15 Å². The molecule has 0 saturated carbocycles. The van der Waals surface area contributed by atoms with Gasteiger partial charge in [-0.2, -0.15) is 10.2 Å². The number of nitrogens with zero attached hydrogens (tertiary/aromatic N) is 17. The van der Waals surface area contributed by atoms with E-state index < -0.39 is 11.1 Å². The third-order valence-electron chi connectivity index (χ3n) is 30.0. The summed E-state index contributed by atoms with van der Waals surface area (Å²) in [4.78, 5) is 51.2. The summed E-state index contributed by atoms with van der Waals surface area (Å²) < 4.78 is 21.7. The number of hydrogen-bond acceptors (Lipinski definition) is 14. The molecule has 5 aliphatic rings. The monoisotopic (exact) mass is 1910 g/mol. The van der Waals surface area contributed by atoms with E-state index in [9.17, 15) is 14.4 Å². The number of rotatable bonds is 17. The van der Waals surface area contributed by atoms with Gasteiger partial charge in [0.25, 0.3) is 0 Å². The molecule has 1 saturated heterocycles. The normalized spacial score (nSPS) is 15.4. The number of aryl methyl sites for hydroxylation is 3. The highest BCUT2D eigenvalue weighted by atomic mass is 35.5. The number of benzene rings is 15. The number of hydrogen-bond donors (Lipinski definition) is 0. The van der Waals surface area contributed by atoms with Gasteiger partial charge in [0, 0.05) is 68.2 Å². The fourth-order valence-electron chi connectivity index (χ4n) is 21.4. The molecule has 25 rings (SSSR count). The molecule has 3 amide bonds. The van der Waals surface area contributed by atoms with Crippen molar-refractivity contribution in [2.24, 2.45) is 26.1 Å². The van der Waals surface area contributed by atoms with Gasteiger partial charge in [-0.25, -0.2) is 23.4 Å². The van der Waals surface area contributed by atoms with Gasteiger partial charge in [-0.15, -0.1) is 15.3 Å². The Kier molecular flexibility index (Phi) is 24.5. The van der Waals surface area contributed by atoms with Crippen LogP contribution in [0.2, 0.25) is 5.15 Å². The van der Waals surface area contributed by atoms with Crippen molar-refractivity contribution < 1.29 is 23.7 Å². The first-order valence-electron chi connectivity index (χ1n) is 49.0. The molecule has 22 nitrogen and oxygen atoms in total. The molecule has 0 spiro atoms.